The number of rotatable bonds is 4. The fraction of sp³-hybridized carbons (Fsp3) is 0.471. The van der Waals surface area contributed by atoms with Crippen LogP contribution in [0.2, 0.25) is 0 Å². The first-order valence-corrected chi connectivity index (χ1v) is 8.28. The zero-order valence-electron chi connectivity index (χ0n) is 14.6. The molecule has 0 saturated heterocycles. The number of hydrogen-bond acceptors (Lipinski definition) is 6. The molecule has 8 nitrogen and oxygen atoms in total. The molecule has 4 N–H and O–H groups in total. The lowest BCUT2D eigenvalue weighted by Crippen LogP contribution is -2.44. The molecule has 8 heteroatoms. The number of amides is 1. The number of carbonyl (C=O) groups excluding carboxylic acids is 1. The zero-order valence-corrected chi connectivity index (χ0v) is 14.6. The molecule has 0 spiro atoms. The van der Waals surface area contributed by atoms with Crippen molar-refractivity contribution in [2.45, 2.75) is 52.0 Å². The number of aromatic amines is 1. The third-order valence-electron chi connectivity index (χ3n) is 4.58. The van der Waals surface area contributed by atoms with Crippen LogP contribution in [0.5, 0.6) is 0 Å². The molecule has 1 saturated carbocycles. The van der Waals surface area contributed by atoms with Gasteiger partial charge in [-0.2, -0.15) is 0 Å². The first-order chi connectivity index (χ1) is 11.8. The lowest BCUT2D eigenvalue weighted by molar-refractivity contribution is -0.121. The maximum atomic E-state index is 12.3. The van der Waals surface area contributed by atoms with Gasteiger partial charge in [0.05, 0.1) is 12.1 Å². The number of H-pyrrole nitrogens is 1. The maximum Gasteiger partial charge on any atom is 0.251 e. The van der Waals surface area contributed by atoms with E-state index in [1.807, 2.05) is 13.8 Å². The molecule has 132 valence electrons. The van der Waals surface area contributed by atoms with Crippen LogP contribution in [-0.2, 0) is 11.2 Å². The van der Waals surface area contributed by atoms with Gasteiger partial charge in [-0.1, -0.05) is 0 Å². The number of nitrogens with zero attached hydrogens (tertiary/aromatic N) is 3. The number of aryl methyl sites for hydroxylation is 3. The quantitative estimate of drug-likeness (QED) is 0.749. The van der Waals surface area contributed by atoms with E-state index >= 15 is 0 Å². The number of hydrogen-bond donors (Lipinski definition) is 3. The van der Waals surface area contributed by atoms with Gasteiger partial charge in [0.2, 0.25) is 11.9 Å². The molecule has 0 aliphatic heterocycles. The molecule has 1 aliphatic carbocycles. The predicted molar refractivity (Wildman–Crippen MR) is 93.1 cm³/mol. The number of nitrogens with one attached hydrogen (secondary N) is 2. The Morgan fingerprint density at radius 2 is 1.88 bits per heavy atom. The van der Waals surface area contributed by atoms with Crippen LogP contribution in [0.1, 0.15) is 47.2 Å². The summed E-state index contributed by atoms with van der Waals surface area (Å²) in [4.78, 5) is 39.1. The fourth-order valence-corrected chi connectivity index (χ4v) is 3.25. The Balaban J connectivity index is 1.57. The van der Waals surface area contributed by atoms with Crippen molar-refractivity contribution in [3.8, 4) is 0 Å². The van der Waals surface area contributed by atoms with Crippen LogP contribution < -0.4 is 16.6 Å². The lowest BCUT2D eigenvalue weighted by atomic mass is 9.78. The molecule has 2 aromatic rings. The maximum absolute atomic E-state index is 12.3. The highest BCUT2D eigenvalue weighted by Crippen LogP contribution is 2.35. The summed E-state index contributed by atoms with van der Waals surface area (Å²) in [7, 11) is 0. The Bertz CT molecular complexity index is 847. The van der Waals surface area contributed by atoms with Crippen molar-refractivity contribution in [2.75, 3.05) is 5.73 Å². The van der Waals surface area contributed by atoms with Crippen molar-refractivity contribution in [3.63, 3.8) is 0 Å². The second-order valence-corrected chi connectivity index (χ2v) is 6.60. The van der Waals surface area contributed by atoms with Crippen molar-refractivity contribution in [2.24, 2.45) is 0 Å². The summed E-state index contributed by atoms with van der Waals surface area (Å²) >= 11 is 0. The number of aromatic nitrogens is 4. The van der Waals surface area contributed by atoms with Gasteiger partial charge >= 0.3 is 0 Å². The summed E-state index contributed by atoms with van der Waals surface area (Å²) in [5, 5.41) is 3.02. The molecule has 1 fully saturated rings. The molecule has 25 heavy (non-hydrogen) atoms. The summed E-state index contributed by atoms with van der Waals surface area (Å²) in [6.07, 6.45) is 1.82. The van der Waals surface area contributed by atoms with Crippen LogP contribution in [-0.4, -0.2) is 31.9 Å². The Labute approximate surface area is 145 Å². The van der Waals surface area contributed by atoms with Crippen molar-refractivity contribution < 1.29 is 4.79 Å². The van der Waals surface area contributed by atoms with Gasteiger partial charge in [-0.15, -0.1) is 0 Å². The van der Waals surface area contributed by atoms with Gasteiger partial charge < -0.3 is 16.0 Å². The van der Waals surface area contributed by atoms with Crippen LogP contribution in [0.4, 0.5) is 5.95 Å². The number of nitrogens with two attached hydrogens (primary N) is 1. The average Bonchev–Trinajstić information content (AvgIpc) is 2.45. The largest absolute Gasteiger partial charge is 0.368 e. The molecule has 0 bridgehead atoms. The summed E-state index contributed by atoms with van der Waals surface area (Å²) in [6, 6.07) is 1.64. The molecule has 0 unspecified atom stereocenters. The van der Waals surface area contributed by atoms with Gasteiger partial charge in [-0.3, -0.25) is 9.59 Å². The van der Waals surface area contributed by atoms with Gasteiger partial charge in [0.25, 0.3) is 5.56 Å². The third-order valence-corrected chi connectivity index (χ3v) is 4.58. The van der Waals surface area contributed by atoms with Crippen molar-refractivity contribution in [3.05, 3.63) is 44.9 Å². The normalized spacial score (nSPS) is 19.3. The molecule has 3 rings (SSSR count). The molecule has 1 aliphatic rings. The van der Waals surface area contributed by atoms with Gasteiger partial charge in [0.1, 0.15) is 5.82 Å². The molecule has 1 amide bonds. The Morgan fingerprint density at radius 1 is 1.24 bits per heavy atom. The monoisotopic (exact) mass is 342 g/mol. The highest BCUT2D eigenvalue weighted by molar-refractivity contribution is 5.79. The van der Waals surface area contributed by atoms with Crippen LogP contribution in [0.25, 0.3) is 0 Å². The molecular weight excluding hydrogens is 320 g/mol. The van der Waals surface area contributed by atoms with Gasteiger partial charge in [-0.05, 0) is 33.6 Å². The minimum atomic E-state index is -0.135. The van der Waals surface area contributed by atoms with E-state index in [9.17, 15) is 9.59 Å². The molecule has 0 aromatic carbocycles. The van der Waals surface area contributed by atoms with Crippen LogP contribution in [0, 0.1) is 20.8 Å². The average molecular weight is 342 g/mol. The van der Waals surface area contributed by atoms with E-state index in [0.717, 1.165) is 35.5 Å². The molecule has 0 atom stereocenters. The first-order valence-electron chi connectivity index (χ1n) is 8.28. The Morgan fingerprint density at radius 3 is 2.48 bits per heavy atom. The van der Waals surface area contributed by atoms with E-state index in [0.29, 0.717) is 5.82 Å². The standard InChI is InChI=1S/C17H22N6O2/c1-8-13(9(2)20-17(18)19-8)6-15(24)23-12-4-11(5-12)14-7-16(25)22-10(3)21-14/h7,11-12H,4-6H2,1-3H3,(H,23,24)(H2,18,19,20)(H,21,22,25). The Kier molecular flexibility index (Phi) is 4.52. The minimum Gasteiger partial charge on any atom is -0.368 e. The third kappa shape index (κ3) is 3.84. The smallest absolute Gasteiger partial charge is 0.251 e. The topological polar surface area (TPSA) is 127 Å². The summed E-state index contributed by atoms with van der Waals surface area (Å²) in [5.74, 6) is 0.999. The van der Waals surface area contributed by atoms with E-state index in [4.69, 9.17) is 5.73 Å². The van der Waals surface area contributed by atoms with Gasteiger partial charge in [0, 0.05) is 35.0 Å². The highest BCUT2D eigenvalue weighted by Gasteiger charge is 2.32. The zero-order chi connectivity index (χ0) is 18.1. The molecule has 2 aromatic heterocycles. The molecule has 0 radical (unpaired) electrons. The van der Waals surface area contributed by atoms with E-state index in [1.165, 1.54) is 6.07 Å². The van der Waals surface area contributed by atoms with Crippen molar-refractivity contribution >= 4 is 11.9 Å². The molecule has 2 heterocycles. The van der Waals surface area contributed by atoms with Gasteiger partial charge in [-0.25, -0.2) is 15.0 Å². The second kappa shape index (κ2) is 6.62. The lowest BCUT2D eigenvalue weighted by Gasteiger charge is -2.35. The van der Waals surface area contributed by atoms with Crippen molar-refractivity contribution in [1.29, 1.82) is 0 Å². The van der Waals surface area contributed by atoms with Gasteiger partial charge in [0.15, 0.2) is 0 Å². The van der Waals surface area contributed by atoms with Crippen molar-refractivity contribution in [1.82, 2.24) is 25.3 Å². The predicted octanol–water partition coefficient (Wildman–Crippen LogP) is 0.672. The van der Waals surface area contributed by atoms with E-state index in [1.54, 1.807) is 6.92 Å². The van der Waals surface area contributed by atoms with Crippen LogP contribution >= 0.6 is 0 Å². The number of nitrogen functional groups attached to an aromatic ring is 1. The van der Waals surface area contributed by atoms with Crippen LogP contribution in [0.15, 0.2) is 10.9 Å². The fourth-order valence-electron chi connectivity index (χ4n) is 3.25. The molecular formula is C17H22N6O2. The van der Waals surface area contributed by atoms with E-state index in [2.05, 4.69) is 25.3 Å². The van der Waals surface area contributed by atoms with E-state index < -0.39 is 0 Å². The number of anilines is 1. The first kappa shape index (κ1) is 17.1. The summed E-state index contributed by atoms with van der Waals surface area (Å²) < 4.78 is 0. The van der Waals surface area contributed by atoms with Crippen LogP contribution in [0.3, 0.4) is 0 Å². The minimum absolute atomic E-state index is 0.0573. The Hall–Kier alpha value is -2.77. The highest BCUT2D eigenvalue weighted by atomic mass is 16.1. The van der Waals surface area contributed by atoms with E-state index in [-0.39, 0.29) is 35.8 Å². The number of carbonyl (C=O) groups is 1. The summed E-state index contributed by atoms with van der Waals surface area (Å²) in [6.45, 7) is 5.42. The second-order valence-electron chi connectivity index (χ2n) is 6.60. The summed E-state index contributed by atoms with van der Waals surface area (Å²) in [5.41, 5.74) is 8.55. The SMILES string of the molecule is Cc1nc(C2CC(NC(=O)Cc3c(C)nc(N)nc3C)C2)cc(=O)[nH]1.